The Hall–Kier alpha value is -0.560. The van der Waals surface area contributed by atoms with E-state index in [0.717, 1.165) is 5.69 Å². The van der Waals surface area contributed by atoms with E-state index in [9.17, 15) is 0 Å². The van der Waals surface area contributed by atoms with E-state index in [4.69, 9.17) is 22.8 Å². The van der Waals surface area contributed by atoms with Gasteiger partial charge in [-0.25, -0.2) is 4.98 Å². The Kier molecular flexibility index (Phi) is 3.32. The molecular weight excluding hydrogens is 206 g/mol. The summed E-state index contributed by atoms with van der Waals surface area (Å²) >= 11 is 7.04. The number of thiazole rings is 1. The normalized spacial score (nSPS) is 11.2. The lowest BCUT2D eigenvalue weighted by Crippen LogP contribution is -2.21. The molecule has 0 atom stereocenters. The Morgan fingerprint density at radius 1 is 1.77 bits per heavy atom. The Balaban J connectivity index is 2.49. The molecule has 1 aromatic heterocycles. The van der Waals surface area contributed by atoms with Crippen molar-refractivity contribution in [3.8, 4) is 12.3 Å². The number of hydrogen-bond acceptors (Lipinski definition) is 3. The van der Waals surface area contributed by atoms with Crippen molar-refractivity contribution >= 4 is 22.9 Å². The third kappa shape index (κ3) is 3.35. The number of nitrogens with zero attached hydrogens (tertiary/aromatic N) is 1. The largest absolute Gasteiger partial charge is 0.357 e. The van der Waals surface area contributed by atoms with Crippen molar-refractivity contribution in [1.82, 2.24) is 4.98 Å². The molecule has 1 heterocycles. The number of terminal acetylenes is 1. The molecular formula is C9H10ClNOS. The fourth-order valence-corrected chi connectivity index (χ4v) is 1.41. The summed E-state index contributed by atoms with van der Waals surface area (Å²) in [6, 6.07) is 0. The zero-order chi connectivity index (χ0) is 9.90. The van der Waals surface area contributed by atoms with Crippen molar-refractivity contribution < 1.29 is 4.74 Å². The van der Waals surface area contributed by atoms with Crippen molar-refractivity contribution in [2.75, 3.05) is 0 Å². The van der Waals surface area contributed by atoms with Gasteiger partial charge in [0, 0.05) is 5.38 Å². The van der Waals surface area contributed by atoms with E-state index in [2.05, 4.69) is 10.9 Å². The first kappa shape index (κ1) is 10.5. The highest BCUT2D eigenvalue weighted by Crippen LogP contribution is 2.17. The Labute approximate surface area is 86.9 Å². The summed E-state index contributed by atoms with van der Waals surface area (Å²) in [5.74, 6) is 2.54. The van der Waals surface area contributed by atoms with Crippen LogP contribution in [0.1, 0.15) is 19.5 Å². The molecule has 0 aromatic carbocycles. The number of hydrogen-bond donors (Lipinski definition) is 0. The molecule has 0 aliphatic rings. The first-order valence-corrected chi connectivity index (χ1v) is 5.01. The molecule has 0 spiro atoms. The minimum absolute atomic E-state index is 0.403. The molecule has 0 bridgehead atoms. The van der Waals surface area contributed by atoms with E-state index in [1.54, 1.807) is 0 Å². The van der Waals surface area contributed by atoms with Gasteiger partial charge in [0.1, 0.15) is 5.60 Å². The number of aromatic nitrogens is 1. The van der Waals surface area contributed by atoms with Gasteiger partial charge in [-0.15, -0.1) is 17.8 Å². The second kappa shape index (κ2) is 4.10. The number of halogens is 1. The smallest absolute Gasteiger partial charge is 0.183 e. The minimum atomic E-state index is -0.546. The van der Waals surface area contributed by atoms with Crippen LogP contribution >= 0.6 is 22.9 Å². The quantitative estimate of drug-likeness (QED) is 0.724. The third-order valence-electron chi connectivity index (χ3n) is 1.45. The molecule has 13 heavy (non-hydrogen) atoms. The van der Waals surface area contributed by atoms with Crippen LogP contribution in [0.2, 0.25) is 4.47 Å². The van der Waals surface area contributed by atoms with E-state index in [1.165, 1.54) is 11.3 Å². The molecule has 1 aromatic rings. The molecule has 0 amide bonds. The van der Waals surface area contributed by atoms with E-state index in [0.29, 0.717) is 11.1 Å². The Bertz CT molecular complexity index is 327. The maximum absolute atomic E-state index is 5.66. The first-order chi connectivity index (χ1) is 6.03. The highest BCUT2D eigenvalue weighted by Gasteiger charge is 2.14. The molecule has 0 saturated carbocycles. The lowest BCUT2D eigenvalue weighted by atomic mass is 10.1. The minimum Gasteiger partial charge on any atom is -0.357 e. The van der Waals surface area contributed by atoms with Crippen LogP contribution in [0.15, 0.2) is 5.38 Å². The van der Waals surface area contributed by atoms with Gasteiger partial charge in [-0.1, -0.05) is 17.5 Å². The van der Waals surface area contributed by atoms with Crippen LogP contribution in [0.25, 0.3) is 0 Å². The molecule has 0 saturated heterocycles. The molecule has 0 aliphatic carbocycles. The van der Waals surface area contributed by atoms with Crippen molar-refractivity contribution in [1.29, 1.82) is 0 Å². The summed E-state index contributed by atoms with van der Waals surface area (Å²) in [6.07, 6.45) is 5.26. The van der Waals surface area contributed by atoms with Crippen molar-refractivity contribution in [2.45, 2.75) is 26.1 Å². The zero-order valence-electron chi connectivity index (χ0n) is 7.50. The average Bonchev–Trinajstić information content (AvgIpc) is 2.48. The van der Waals surface area contributed by atoms with Crippen molar-refractivity contribution in [3.05, 3.63) is 15.5 Å². The van der Waals surface area contributed by atoms with Crippen LogP contribution in [0.3, 0.4) is 0 Å². The van der Waals surface area contributed by atoms with Gasteiger partial charge in [-0.3, -0.25) is 0 Å². The Morgan fingerprint density at radius 3 is 2.92 bits per heavy atom. The van der Waals surface area contributed by atoms with Gasteiger partial charge in [-0.2, -0.15) is 0 Å². The number of ether oxygens (including phenoxy) is 1. The molecule has 1 rings (SSSR count). The highest BCUT2D eigenvalue weighted by atomic mass is 35.5. The Morgan fingerprint density at radius 2 is 2.46 bits per heavy atom. The molecule has 2 nitrogen and oxygen atoms in total. The SMILES string of the molecule is C#CC(C)(C)OCc1csc(Cl)n1. The van der Waals surface area contributed by atoms with Gasteiger partial charge < -0.3 is 4.74 Å². The van der Waals surface area contributed by atoms with E-state index in [1.807, 2.05) is 19.2 Å². The molecule has 4 heteroatoms. The topological polar surface area (TPSA) is 22.1 Å². The lowest BCUT2D eigenvalue weighted by Gasteiger charge is -2.17. The summed E-state index contributed by atoms with van der Waals surface area (Å²) in [5, 5.41) is 1.86. The van der Waals surface area contributed by atoms with Crippen molar-refractivity contribution in [3.63, 3.8) is 0 Å². The maximum atomic E-state index is 5.66. The maximum Gasteiger partial charge on any atom is 0.183 e. The number of rotatable bonds is 3. The van der Waals surface area contributed by atoms with Gasteiger partial charge in [-0.05, 0) is 13.8 Å². The predicted molar refractivity (Wildman–Crippen MR) is 54.8 cm³/mol. The molecule has 0 N–H and O–H groups in total. The molecule has 70 valence electrons. The highest BCUT2D eigenvalue weighted by molar-refractivity contribution is 7.13. The lowest BCUT2D eigenvalue weighted by molar-refractivity contribution is 0.0130. The van der Waals surface area contributed by atoms with Crippen LogP contribution in [0.5, 0.6) is 0 Å². The summed E-state index contributed by atoms with van der Waals surface area (Å²) in [5.41, 5.74) is 0.272. The van der Waals surface area contributed by atoms with E-state index >= 15 is 0 Å². The van der Waals surface area contributed by atoms with Gasteiger partial charge in [0.05, 0.1) is 12.3 Å². The monoisotopic (exact) mass is 215 g/mol. The predicted octanol–water partition coefficient (Wildman–Crippen LogP) is 2.72. The van der Waals surface area contributed by atoms with Crippen LogP contribution in [-0.2, 0) is 11.3 Å². The third-order valence-corrected chi connectivity index (χ3v) is 2.48. The van der Waals surface area contributed by atoms with E-state index in [-0.39, 0.29) is 0 Å². The first-order valence-electron chi connectivity index (χ1n) is 3.75. The standard InChI is InChI=1S/C9H10ClNOS/c1-4-9(2,3)12-5-7-6-13-8(10)11-7/h1,6H,5H2,2-3H3. The molecule has 0 aliphatic heterocycles. The summed E-state index contributed by atoms with van der Waals surface area (Å²) < 4.78 is 5.95. The molecule has 0 unspecified atom stereocenters. The van der Waals surface area contributed by atoms with Crippen LogP contribution in [0.4, 0.5) is 0 Å². The van der Waals surface area contributed by atoms with Crippen LogP contribution < -0.4 is 0 Å². The summed E-state index contributed by atoms with van der Waals surface area (Å²) in [4.78, 5) is 4.04. The van der Waals surface area contributed by atoms with Crippen molar-refractivity contribution in [2.24, 2.45) is 0 Å². The second-order valence-electron chi connectivity index (χ2n) is 3.04. The molecule has 0 radical (unpaired) electrons. The fraction of sp³-hybridized carbons (Fsp3) is 0.444. The van der Waals surface area contributed by atoms with E-state index < -0.39 is 5.60 Å². The van der Waals surface area contributed by atoms with Gasteiger partial charge in [0.15, 0.2) is 4.47 Å². The second-order valence-corrected chi connectivity index (χ2v) is 4.48. The fourth-order valence-electron chi connectivity index (χ4n) is 0.645. The van der Waals surface area contributed by atoms with Gasteiger partial charge in [0.25, 0.3) is 0 Å². The van der Waals surface area contributed by atoms with Crippen LogP contribution in [-0.4, -0.2) is 10.6 Å². The van der Waals surface area contributed by atoms with Gasteiger partial charge in [0.2, 0.25) is 0 Å². The summed E-state index contributed by atoms with van der Waals surface area (Å²) in [6.45, 7) is 4.07. The van der Waals surface area contributed by atoms with Crippen LogP contribution in [0, 0.1) is 12.3 Å². The zero-order valence-corrected chi connectivity index (χ0v) is 9.08. The van der Waals surface area contributed by atoms with Gasteiger partial charge >= 0.3 is 0 Å². The average molecular weight is 216 g/mol. The molecule has 0 fully saturated rings. The summed E-state index contributed by atoms with van der Waals surface area (Å²) in [7, 11) is 0.